The molecule has 1 atom stereocenters. The molecule has 0 aliphatic rings. The summed E-state index contributed by atoms with van der Waals surface area (Å²) in [6.07, 6.45) is -10.5. The monoisotopic (exact) mass is 336 g/mol. The van der Waals surface area contributed by atoms with E-state index in [1.165, 1.54) is 0 Å². The fourth-order valence-corrected chi connectivity index (χ4v) is 1.85. The number of ether oxygens (including phenoxy) is 1. The van der Waals surface area contributed by atoms with E-state index in [9.17, 15) is 35.3 Å². The lowest BCUT2D eigenvalue weighted by Crippen LogP contribution is -2.19. The Morgan fingerprint density at radius 1 is 1.14 bits per heavy atom. The number of carbonyl (C=O) groups is 1. The number of alkyl halides is 6. The minimum Gasteiger partial charge on any atom is -0.496 e. The Bertz CT molecular complexity index is 592. The number of rotatable bonds is 2. The van der Waals surface area contributed by atoms with Crippen LogP contribution in [0.5, 0.6) is 5.75 Å². The van der Waals surface area contributed by atoms with Crippen LogP contribution in [0.4, 0.5) is 26.3 Å². The highest BCUT2D eigenvalue weighted by Crippen LogP contribution is 2.41. The minimum absolute atomic E-state index is 0.148. The molecule has 1 aromatic carbocycles. The molecule has 0 aromatic heterocycles. The smallest absolute Gasteiger partial charge is 0.417 e. The third kappa shape index (κ3) is 3.73. The maximum Gasteiger partial charge on any atom is 0.417 e. The second-order valence-electron chi connectivity index (χ2n) is 3.63. The van der Waals surface area contributed by atoms with Crippen molar-refractivity contribution in [3.8, 4) is 5.75 Å². The zero-order valence-corrected chi connectivity index (χ0v) is 10.8. The maximum atomic E-state index is 12.8. The summed E-state index contributed by atoms with van der Waals surface area (Å²) < 4.78 is 99.6. The average Bonchev–Trinajstić information content (AvgIpc) is 2.33. The summed E-state index contributed by atoms with van der Waals surface area (Å²) in [6, 6.07) is -0.169. The van der Waals surface area contributed by atoms with Gasteiger partial charge in [0.05, 0.1) is 23.8 Å². The van der Waals surface area contributed by atoms with Crippen molar-refractivity contribution in [1.29, 1.82) is 0 Å². The lowest BCUT2D eigenvalue weighted by Gasteiger charge is -2.17. The Hall–Kier alpha value is -1.62. The van der Waals surface area contributed by atoms with Crippen molar-refractivity contribution in [1.82, 2.24) is 0 Å². The predicted molar refractivity (Wildman–Crippen MR) is 58.1 cm³/mol. The third-order valence-electron chi connectivity index (χ3n) is 2.32. The first kappa shape index (κ1) is 17.4. The van der Waals surface area contributed by atoms with Gasteiger partial charge in [-0.15, -0.1) is 0 Å². The van der Waals surface area contributed by atoms with E-state index in [1.54, 1.807) is 0 Å². The fraction of sp³-hybridized carbons (Fsp3) is 0.300. The topological polar surface area (TPSA) is 63.6 Å². The third-order valence-corrected chi connectivity index (χ3v) is 2.84. The van der Waals surface area contributed by atoms with Gasteiger partial charge in [0.2, 0.25) is 11.1 Å². The molecule has 0 saturated carbocycles. The summed E-state index contributed by atoms with van der Waals surface area (Å²) >= 11 is -3.35. The first-order valence-corrected chi connectivity index (χ1v) is 6.02. The summed E-state index contributed by atoms with van der Waals surface area (Å²) in [6.45, 7) is 0. The number of methoxy groups -OCH3 is 1. The van der Waals surface area contributed by atoms with Crippen molar-refractivity contribution < 1.29 is 44.6 Å². The molecule has 11 heteroatoms. The van der Waals surface area contributed by atoms with E-state index in [-0.39, 0.29) is 12.1 Å². The largest absolute Gasteiger partial charge is 0.496 e. The average molecular weight is 336 g/mol. The summed E-state index contributed by atoms with van der Waals surface area (Å²) in [7, 11) is 0.729. The molecular formula is C10H6F6O4S. The van der Waals surface area contributed by atoms with E-state index >= 15 is 0 Å². The highest BCUT2D eigenvalue weighted by Gasteiger charge is 2.42. The van der Waals surface area contributed by atoms with Crippen molar-refractivity contribution in [3.63, 3.8) is 0 Å². The Balaban J connectivity index is 3.77. The highest BCUT2D eigenvalue weighted by atomic mass is 32.2. The van der Waals surface area contributed by atoms with Gasteiger partial charge in [-0.05, 0) is 12.1 Å². The molecule has 21 heavy (non-hydrogen) atoms. The van der Waals surface area contributed by atoms with E-state index in [2.05, 4.69) is 4.74 Å². The Morgan fingerprint density at radius 2 is 1.67 bits per heavy atom. The molecule has 0 radical (unpaired) electrons. The normalized spacial score (nSPS) is 13.9. The number of hydrogen-bond acceptors (Lipinski definition) is 3. The molecule has 0 fully saturated rings. The lowest BCUT2D eigenvalue weighted by atomic mass is 10.0. The van der Waals surface area contributed by atoms with Crippen LogP contribution in [0.3, 0.4) is 0 Å². The molecule has 1 rings (SSSR count). The molecule has 0 amide bonds. The second-order valence-corrected chi connectivity index (χ2v) is 4.50. The number of carbonyl (C=O) groups excluding carboxylic acids is 1. The van der Waals surface area contributed by atoms with Gasteiger partial charge >= 0.3 is 12.4 Å². The molecular weight excluding hydrogens is 330 g/mol. The van der Waals surface area contributed by atoms with Crippen LogP contribution in [0.1, 0.15) is 21.5 Å². The zero-order valence-electron chi connectivity index (χ0n) is 10.0. The van der Waals surface area contributed by atoms with E-state index in [0.717, 1.165) is 7.11 Å². The molecule has 1 aromatic rings. The second kappa shape index (κ2) is 5.64. The molecule has 118 valence electrons. The van der Waals surface area contributed by atoms with Crippen molar-refractivity contribution in [2.45, 2.75) is 12.4 Å². The van der Waals surface area contributed by atoms with Crippen LogP contribution in [0.25, 0.3) is 0 Å². The predicted octanol–water partition coefficient (Wildman–Crippen LogP) is 3.09. The van der Waals surface area contributed by atoms with Gasteiger partial charge < -0.3 is 4.74 Å². The van der Waals surface area contributed by atoms with Crippen molar-refractivity contribution in [2.24, 2.45) is 0 Å². The van der Waals surface area contributed by atoms with Crippen LogP contribution >= 0.6 is 0 Å². The maximum absolute atomic E-state index is 12.8. The van der Waals surface area contributed by atoms with Gasteiger partial charge in [0.15, 0.2) is 0 Å². The van der Waals surface area contributed by atoms with Crippen LogP contribution in [-0.2, 0) is 23.4 Å². The SMILES string of the molecule is COc1cc(C(F)(F)F)cc(C(F)(F)F)c1C(=O)S(=O)O. The van der Waals surface area contributed by atoms with Crippen LogP contribution < -0.4 is 4.74 Å². The van der Waals surface area contributed by atoms with E-state index < -0.39 is 51.0 Å². The van der Waals surface area contributed by atoms with Crippen LogP contribution in [0, 0.1) is 0 Å². The Morgan fingerprint density at radius 3 is 2.00 bits per heavy atom. The van der Waals surface area contributed by atoms with Gasteiger partial charge in [-0.2, -0.15) is 26.3 Å². The minimum atomic E-state index is -5.35. The molecule has 0 aliphatic heterocycles. The Kier molecular flexibility index (Phi) is 4.68. The van der Waals surface area contributed by atoms with Gasteiger partial charge in [0, 0.05) is 0 Å². The molecule has 0 aliphatic carbocycles. The number of hydrogen-bond donors (Lipinski definition) is 1. The standard InChI is InChI=1S/C10H6F6O4S/c1-20-6-3-4(9(11,12)13)2-5(10(14,15)16)7(6)8(17)21(18)19/h2-3H,1H3,(H,18,19). The van der Waals surface area contributed by atoms with E-state index in [4.69, 9.17) is 4.55 Å². The summed E-state index contributed by atoms with van der Waals surface area (Å²) in [5, 5.41) is -1.91. The van der Waals surface area contributed by atoms with E-state index in [0.29, 0.717) is 0 Å². The van der Waals surface area contributed by atoms with Crippen LogP contribution in [-0.4, -0.2) is 21.0 Å². The Labute approximate surface area is 116 Å². The molecule has 4 nitrogen and oxygen atoms in total. The molecule has 0 spiro atoms. The zero-order chi connectivity index (χ0) is 16.6. The van der Waals surface area contributed by atoms with E-state index in [1.807, 2.05) is 0 Å². The summed E-state index contributed by atoms with van der Waals surface area (Å²) in [5.74, 6) is -1.09. The van der Waals surface area contributed by atoms with Gasteiger partial charge in [-0.1, -0.05) is 0 Å². The molecule has 0 saturated heterocycles. The van der Waals surface area contributed by atoms with Gasteiger partial charge in [-0.3, -0.25) is 9.35 Å². The van der Waals surface area contributed by atoms with Gasteiger partial charge in [-0.25, -0.2) is 4.21 Å². The molecule has 0 bridgehead atoms. The van der Waals surface area contributed by atoms with Crippen molar-refractivity contribution in [2.75, 3.05) is 7.11 Å². The quantitative estimate of drug-likeness (QED) is 0.666. The summed E-state index contributed by atoms with van der Waals surface area (Å²) in [5.41, 5.74) is -5.13. The number of benzene rings is 1. The highest BCUT2D eigenvalue weighted by molar-refractivity contribution is 7.95. The molecule has 0 heterocycles. The number of halogens is 6. The summed E-state index contributed by atoms with van der Waals surface area (Å²) in [4.78, 5) is 11.3. The van der Waals surface area contributed by atoms with Gasteiger partial charge in [0.1, 0.15) is 5.75 Å². The van der Waals surface area contributed by atoms with Crippen molar-refractivity contribution >= 4 is 16.2 Å². The van der Waals surface area contributed by atoms with Crippen molar-refractivity contribution in [3.05, 3.63) is 28.8 Å². The van der Waals surface area contributed by atoms with Crippen LogP contribution in [0.2, 0.25) is 0 Å². The van der Waals surface area contributed by atoms with Gasteiger partial charge in [0.25, 0.3) is 5.12 Å². The molecule has 1 unspecified atom stereocenters. The lowest BCUT2D eigenvalue weighted by molar-refractivity contribution is -0.143. The molecule has 1 N–H and O–H groups in total. The first-order chi connectivity index (χ1) is 9.39. The van der Waals surface area contributed by atoms with Crippen LogP contribution in [0.15, 0.2) is 12.1 Å². The first-order valence-electron chi connectivity index (χ1n) is 4.91. The fourth-order valence-electron chi connectivity index (χ4n) is 1.46.